The van der Waals surface area contributed by atoms with Crippen molar-refractivity contribution in [1.29, 1.82) is 0 Å². The topological polar surface area (TPSA) is 47.8 Å². The van der Waals surface area contributed by atoms with Crippen LogP contribution in [0.4, 0.5) is 0 Å². The maximum Gasteiger partial charge on any atom is 0.150 e. The molecule has 15 heavy (non-hydrogen) atoms. The first-order valence-electron chi connectivity index (χ1n) is 5.59. The van der Waals surface area contributed by atoms with E-state index in [4.69, 9.17) is 0 Å². The molecule has 4 heteroatoms. The molecule has 0 atom stereocenters. The lowest BCUT2D eigenvalue weighted by atomic mass is 10.2. The van der Waals surface area contributed by atoms with Crippen LogP contribution in [0.15, 0.2) is 0 Å². The summed E-state index contributed by atoms with van der Waals surface area (Å²) in [5.74, 6) is 2.16. The van der Waals surface area contributed by atoms with Crippen molar-refractivity contribution < 1.29 is 4.79 Å². The molecule has 0 spiro atoms. The first kappa shape index (κ1) is 11.9. The highest BCUT2D eigenvalue weighted by Crippen LogP contribution is 2.03. The highest BCUT2D eigenvalue weighted by atomic mass is 16.1. The first-order valence-corrected chi connectivity index (χ1v) is 5.59. The van der Waals surface area contributed by atoms with E-state index < -0.39 is 0 Å². The maximum absolute atomic E-state index is 10.8. The quantitative estimate of drug-likeness (QED) is 0.717. The summed E-state index contributed by atoms with van der Waals surface area (Å²) in [5.41, 5.74) is 0. The molecular weight excluding hydrogens is 190 g/mol. The van der Waals surface area contributed by atoms with Crippen molar-refractivity contribution >= 4 is 5.78 Å². The Hall–Kier alpha value is -1.19. The Kier molecular flexibility index (Phi) is 4.46. The van der Waals surface area contributed by atoms with Gasteiger partial charge in [0.1, 0.15) is 11.6 Å². The molecule has 0 amide bonds. The van der Waals surface area contributed by atoms with Gasteiger partial charge in [-0.15, -0.1) is 0 Å². The number of aryl methyl sites for hydroxylation is 3. The Balaban J connectivity index is 2.58. The van der Waals surface area contributed by atoms with Crippen LogP contribution in [0.2, 0.25) is 0 Å². The molecule has 84 valence electrons. The third-order valence-corrected chi connectivity index (χ3v) is 2.32. The second-order valence-corrected chi connectivity index (χ2v) is 3.68. The third kappa shape index (κ3) is 3.46. The van der Waals surface area contributed by atoms with Crippen molar-refractivity contribution in [3.8, 4) is 0 Å². The maximum atomic E-state index is 10.8. The zero-order valence-corrected chi connectivity index (χ0v) is 9.79. The summed E-state index contributed by atoms with van der Waals surface area (Å²) in [6.45, 7) is 6.55. The van der Waals surface area contributed by atoms with Crippen LogP contribution in [-0.2, 0) is 24.2 Å². The molecule has 0 radical (unpaired) electrons. The van der Waals surface area contributed by atoms with Gasteiger partial charge in [-0.1, -0.05) is 13.8 Å². The number of rotatable bonds is 6. The molecule has 0 aliphatic carbocycles. The van der Waals surface area contributed by atoms with Crippen molar-refractivity contribution in [2.75, 3.05) is 0 Å². The van der Waals surface area contributed by atoms with Crippen LogP contribution in [0.5, 0.6) is 0 Å². The summed E-state index contributed by atoms with van der Waals surface area (Å²) in [6, 6.07) is 0. The summed E-state index contributed by atoms with van der Waals surface area (Å²) in [7, 11) is 0. The molecule has 1 aromatic heterocycles. The molecule has 0 aromatic carbocycles. The van der Waals surface area contributed by atoms with Crippen molar-refractivity contribution in [2.45, 2.75) is 53.0 Å². The van der Waals surface area contributed by atoms with Gasteiger partial charge in [-0.25, -0.2) is 9.67 Å². The van der Waals surface area contributed by atoms with E-state index >= 15 is 0 Å². The van der Waals surface area contributed by atoms with E-state index in [2.05, 4.69) is 23.9 Å². The second-order valence-electron chi connectivity index (χ2n) is 3.68. The van der Waals surface area contributed by atoms with E-state index in [-0.39, 0.29) is 5.78 Å². The van der Waals surface area contributed by atoms with E-state index in [1.54, 1.807) is 6.92 Å². The predicted molar refractivity (Wildman–Crippen MR) is 58.7 cm³/mol. The van der Waals surface area contributed by atoms with Gasteiger partial charge in [-0.05, 0) is 13.3 Å². The van der Waals surface area contributed by atoms with Crippen LogP contribution in [0.1, 0.15) is 45.3 Å². The number of carbonyl (C=O) groups excluding carboxylic acids is 1. The summed E-state index contributed by atoms with van der Waals surface area (Å²) >= 11 is 0. The molecular formula is C11H19N3O. The second kappa shape index (κ2) is 5.63. The minimum absolute atomic E-state index is 0.240. The van der Waals surface area contributed by atoms with Gasteiger partial charge in [0.25, 0.3) is 0 Å². The zero-order valence-electron chi connectivity index (χ0n) is 9.79. The fraction of sp³-hybridized carbons (Fsp3) is 0.727. The van der Waals surface area contributed by atoms with E-state index in [1.807, 2.05) is 4.68 Å². The Morgan fingerprint density at radius 2 is 2.07 bits per heavy atom. The third-order valence-electron chi connectivity index (χ3n) is 2.32. The van der Waals surface area contributed by atoms with Crippen LogP contribution >= 0.6 is 0 Å². The van der Waals surface area contributed by atoms with Crippen molar-refractivity contribution in [2.24, 2.45) is 0 Å². The molecule has 1 rings (SSSR count). The Morgan fingerprint density at radius 1 is 1.33 bits per heavy atom. The van der Waals surface area contributed by atoms with Crippen LogP contribution in [-0.4, -0.2) is 20.5 Å². The zero-order chi connectivity index (χ0) is 11.3. The average Bonchev–Trinajstić information content (AvgIpc) is 2.60. The van der Waals surface area contributed by atoms with E-state index in [9.17, 15) is 4.79 Å². The molecule has 0 saturated carbocycles. The number of Topliss-reactive ketones (excluding diaryl/α,β-unsaturated/α-hetero) is 1. The smallest absolute Gasteiger partial charge is 0.150 e. The SMILES string of the molecule is CCc1nc(CC)n(CCCC(C)=O)n1. The molecule has 0 bridgehead atoms. The van der Waals surface area contributed by atoms with Gasteiger partial charge in [0.15, 0.2) is 5.82 Å². The average molecular weight is 209 g/mol. The summed E-state index contributed by atoms with van der Waals surface area (Å²) in [4.78, 5) is 15.2. The molecule has 1 heterocycles. The lowest BCUT2D eigenvalue weighted by Crippen LogP contribution is -2.06. The minimum atomic E-state index is 0.240. The number of nitrogens with zero attached hydrogens (tertiary/aromatic N) is 3. The van der Waals surface area contributed by atoms with Crippen LogP contribution in [0.3, 0.4) is 0 Å². The van der Waals surface area contributed by atoms with Crippen molar-refractivity contribution in [3.05, 3.63) is 11.6 Å². The number of hydrogen-bond donors (Lipinski definition) is 0. The predicted octanol–water partition coefficient (Wildman–Crippen LogP) is 1.77. The van der Waals surface area contributed by atoms with Gasteiger partial charge in [0.05, 0.1) is 0 Å². The molecule has 0 unspecified atom stereocenters. The summed E-state index contributed by atoms with van der Waals surface area (Å²) in [6.07, 6.45) is 3.25. The van der Waals surface area contributed by atoms with Gasteiger partial charge in [0, 0.05) is 25.8 Å². The lowest BCUT2D eigenvalue weighted by Gasteiger charge is -2.02. The summed E-state index contributed by atoms with van der Waals surface area (Å²) in [5, 5.41) is 4.39. The van der Waals surface area contributed by atoms with E-state index in [0.29, 0.717) is 6.42 Å². The highest BCUT2D eigenvalue weighted by molar-refractivity contribution is 5.75. The van der Waals surface area contributed by atoms with Gasteiger partial charge < -0.3 is 4.79 Å². The van der Waals surface area contributed by atoms with Crippen LogP contribution in [0, 0.1) is 0 Å². The number of hydrogen-bond acceptors (Lipinski definition) is 3. The Bertz CT molecular complexity index is 331. The fourth-order valence-electron chi connectivity index (χ4n) is 1.49. The summed E-state index contributed by atoms with van der Waals surface area (Å²) < 4.78 is 1.93. The monoisotopic (exact) mass is 209 g/mol. The molecule has 0 N–H and O–H groups in total. The van der Waals surface area contributed by atoms with Crippen LogP contribution in [0.25, 0.3) is 0 Å². The van der Waals surface area contributed by atoms with Crippen molar-refractivity contribution in [3.63, 3.8) is 0 Å². The van der Waals surface area contributed by atoms with Gasteiger partial charge in [0.2, 0.25) is 0 Å². The molecule has 0 aliphatic rings. The molecule has 4 nitrogen and oxygen atoms in total. The van der Waals surface area contributed by atoms with Gasteiger partial charge >= 0.3 is 0 Å². The molecule has 0 saturated heterocycles. The number of ketones is 1. The van der Waals surface area contributed by atoms with Gasteiger partial charge in [-0.2, -0.15) is 5.10 Å². The molecule has 1 aromatic rings. The molecule has 0 aliphatic heterocycles. The lowest BCUT2D eigenvalue weighted by molar-refractivity contribution is -0.117. The van der Waals surface area contributed by atoms with Gasteiger partial charge in [-0.3, -0.25) is 0 Å². The number of carbonyl (C=O) groups is 1. The standard InChI is InChI=1S/C11H19N3O/c1-4-10-12-11(5-2)14(13-10)8-6-7-9(3)15/h4-8H2,1-3H3. The first-order chi connectivity index (χ1) is 7.17. The fourth-order valence-corrected chi connectivity index (χ4v) is 1.49. The van der Waals surface area contributed by atoms with E-state index in [1.165, 1.54) is 0 Å². The molecule has 0 fully saturated rings. The van der Waals surface area contributed by atoms with Crippen LogP contribution < -0.4 is 0 Å². The Morgan fingerprint density at radius 3 is 2.60 bits per heavy atom. The normalized spacial score (nSPS) is 10.6. The Labute approximate surface area is 90.7 Å². The van der Waals surface area contributed by atoms with E-state index in [0.717, 1.165) is 37.5 Å². The minimum Gasteiger partial charge on any atom is -0.300 e. The highest BCUT2D eigenvalue weighted by Gasteiger charge is 2.06. The van der Waals surface area contributed by atoms with Crippen molar-refractivity contribution in [1.82, 2.24) is 14.8 Å². The largest absolute Gasteiger partial charge is 0.300 e. The number of aromatic nitrogens is 3.